The monoisotopic (exact) mass is 155 g/mol. The third kappa shape index (κ3) is 0.805. The molecule has 0 bridgehead atoms. The Hall–Kier alpha value is -0.570. The van der Waals surface area contributed by atoms with Crippen LogP contribution in [-0.2, 0) is 4.79 Å². The van der Waals surface area contributed by atoms with E-state index < -0.39 is 5.97 Å². The summed E-state index contributed by atoms with van der Waals surface area (Å²) in [6, 6.07) is 0.264. The molecule has 1 aliphatic heterocycles. The molecular formula is C8H13NO2. The van der Waals surface area contributed by atoms with Gasteiger partial charge in [0.25, 0.3) is 0 Å². The SMILES string of the molecule is O=C(O)C12CCCC1NCC2. The van der Waals surface area contributed by atoms with Gasteiger partial charge in [0.05, 0.1) is 5.41 Å². The Labute approximate surface area is 65.8 Å². The lowest BCUT2D eigenvalue weighted by molar-refractivity contribution is -0.148. The normalized spacial score (nSPS) is 42.4. The van der Waals surface area contributed by atoms with Crippen LogP contribution in [0.25, 0.3) is 0 Å². The summed E-state index contributed by atoms with van der Waals surface area (Å²) >= 11 is 0. The van der Waals surface area contributed by atoms with Gasteiger partial charge in [0, 0.05) is 6.04 Å². The van der Waals surface area contributed by atoms with Crippen LogP contribution >= 0.6 is 0 Å². The number of fused-ring (bicyclic) bond motifs is 1. The van der Waals surface area contributed by atoms with E-state index in [0.717, 1.165) is 32.2 Å². The van der Waals surface area contributed by atoms with Crippen molar-refractivity contribution < 1.29 is 9.90 Å². The molecule has 1 heterocycles. The van der Waals surface area contributed by atoms with E-state index >= 15 is 0 Å². The summed E-state index contributed by atoms with van der Waals surface area (Å²) in [5.41, 5.74) is -0.389. The first kappa shape index (κ1) is 7.10. The number of hydrogen-bond donors (Lipinski definition) is 2. The van der Waals surface area contributed by atoms with Crippen molar-refractivity contribution in [3.8, 4) is 0 Å². The minimum atomic E-state index is -0.593. The van der Waals surface area contributed by atoms with Gasteiger partial charge in [0.1, 0.15) is 0 Å². The van der Waals surface area contributed by atoms with Gasteiger partial charge in [-0.3, -0.25) is 4.79 Å². The third-order valence-electron chi connectivity index (χ3n) is 3.17. The van der Waals surface area contributed by atoms with Crippen molar-refractivity contribution in [2.45, 2.75) is 31.7 Å². The molecule has 0 aromatic rings. The van der Waals surface area contributed by atoms with E-state index in [4.69, 9.17) is 5.11 Å². The zero-order valence-electron chi connectivity index (χ0n) is 6.47. The van der Waals surface area contributed by atoms with Gasteiger partial charge < -0.3 is 10.4 Å². The molecule has 2 unspecified atom stereocenters. The van der Waals surface area contributed by atoms with Crippen LogP contribution in [-0.4, -0.2) is 23.7 Å². The molecule has 1 saturated heterocycles. The largest absolute Gasteiger partial charge is 0.481 e. The molecule has 2 fully saturated rings. The number of carboxylic acid groups (broad SMARTS) is 1. The van der Waals surface area contributed by atoms with Crippen molar-refractivity contribution in [1.82, 2.24) is 5.32 Å². The second kappa shape index (κ2) is 2.21. The maximum atomic E-state index is 11.0. The maximum Gasteiger partial charge on any atom is 0.311 e. The molecule has 0 amide bonds. The van der Waals surface area contributed by atoms with Gasteiger partial charge in [-0.25, -0.2) is 0 Å². The Bertz CT molecular complexity index is 181. The minimum absolute atomic E-state index is 0.264. The lowest BCUT2D eigenvalue weighted by Gasteiger charge is -2.22. The van der Waals surface area contributed by atoms with Gasteiger partial charge in [-0.2, -0.15) is 0 Å². The van der Waals surface area contributed by atoms with E-state index in [1.165, 1.54) is 0 Å². The van der Waals surface area contributed by atoms with Crippen molar-refractivity contribution in [3.05, 3.63) is 0 Å². The predicted molar refractivity (Wildman–Crippen MR) is 40.3 cm³/mol. The smallest absolute Gasteiger partial charge is 0.311 e. The minimum Gasteiger partial charge on any atom is -0.481 e. The number of nitrogens with one attached hydrogen (secondary N) is 1. The second-order valence-corrected chi connectivity index (χ2v) is 3.61. The summed E-state index contributed by atoms with van der Waals surface area (Å²) in [4.78, 5) is 11.0. The predicted octanol–water partition coefficient (Wildman–Crippen LogP) is 0.603. The van der Waals surface area contributed by atoms with Crippen molar-refractivity contribution in [1.29, 1.82) is 0 Å². The topological polar surface area (TPSA) is 49.3 Å². The fraction of sp³-hybridized carbons (Fsp3) is 0.875. The molecule has 0 aromatic heterocycles. The molecular weight excluding hydrogens is 142 g/mol. The zero-order valence-corrected chi connectivity index (χ0v) is 6.47. The first-order valence-corrected chi connectivity index (χ1v) is 4.22. The molecule has 3 nitrogen and oxygen atoms in total. The first-order valence-electron chi connectivity index (χ1n) is 4.22. The summed E-state index contributed by atoms with van der Waals surface area (Å²) in [6.07, 6.45) is 3.82. The van der Waals surface area contributed by atoms with E-state index in [2.05, 4.69) is 5.32 Å². The molecule has 3 heteroatoms. The number of hydrogen-bond acceptors (Lipinski definition) is 2. The Morgan fingerprint density at radius 1 is 1.55 bits per heavy atom. The number of aliphatic carboxylic acids is 1. The molecule has 2 atom stereocenters. The summed E-state index contributed by atoms with van der Waals surface area (Å²) in [6.45, 7) is 0.886. The Balaban J connectivity index is 2.26. The fourth-order valence-corrected chi connectivity index (χ4v) is 2.50. The van der Waals surface area contributed by atoms with Crippen LogP contribution in [0.1, 0.15) is 25.7 Å². The third-order valence-corrected chi connectivity index (χ3v) is 3.17. The van der Waals surface area contributed by atoms with Gasteiger partial charge in [-0.15, -0.1) is 0 Å². The van der Waals surface area contributed by atoms with E-state index in [1.807, 2.05) is 0 Å². The molecule has 0 spiro atoms. The van der Waals surface area contributed by atoms with Crippen LogP contribution in [0.4, 0.5) is 0 Å². The Morgan fingerprint density at radius 2 is 2.36 bits per heavy atom. The Kier molecular flexibility index (Phi) is 1.42. The number of rotatable bonds is 1. The molecule has 2 rings (SSSR count). The van der Waals surface area contributed by atoms with Crippen molar-refractivity contribution in [3.63, 3.8) is 0 Å². The molecule has 2 aliphatic rings. The molecule has 1 aliphatic carbocycles. The highest BCUT2D eigenvalue weighted by Gasteiger charge is 2.51. The van der Waals surface area contributed by atoms with Crippen LogP contribution in [0.5, 0.6) is 0 Å². The highest BCUT2D eigenvalue weighted by Crippen LogP contribution is 2.44. The highest BCUT2D eigenvalue weighted by molar-refractivity contribution is 5.76. The van der Waals surface area contributed by atoms with E-state index in [-0.39, 0.29) is 11.5 Å². The summed E-state index contributed by atoms with van der Waals surface area (Å²) in [7, 11) is 0. The van der Waals surface area contributed by atoms with Crippen LogP contribution in [0.3, 0.4) is 0 Å². The van der Waals surface area contributed by atoms with E-state index in [9.17, 15) is 4.79 Å². The molecule has 2 N–H and O–H groups in total. The molecule has 11 heavy (non-hydrogen) atoms. The number of carbonyl (C=O) groups is 1. The second-order valence-electron chi connectivity index (χ2n) is 3.61. The van der Waals surface area contributed by atoms with Crippen molar-refractivity contribution >= 4 is 5.97 Å². The highest BCUT2D eigenvalue weighted by atomic mass is 16.4. The molecule has 0 aromatic carbocycles. The van der Waals surface area contributed by atoms with Gasteiger partial charge in [-0.05, 0) is 25.8 Å². The van der Waals surface area contributed by atoms with Gasteiger partial charge in [0.2, 0.25) is 0 Å². The lowest BCUT2D eigenvalue weighted by Crippen LogP contribution is -2.38. The van der Waals surface area contributed by atoms with Crippen molar-refractivity contribution in [2.75, 3.05) is 6.54 Å². The van der Waals surface area contributed by atoms with Gasteiger partial charge in [0.15, 0.2) is 0 Å². The van der Waals surface area contributed by atoms with Crippen LogP contribution in [0.2, 0.25) is 0 Å². The summed E-state index contributed by atoms with van der Waals surface area (Å²) in [5, 5.41) is 12.3. The van der Waals surface area contributed by atoms with Crippen molar-refractivity contribution in [2.24, 2.45) is 5.41 Å². The molecule has 62 valence electrons. The fourth-order valence-electron chi connectivity index (χ4n) is 2.50. The van der Waals surface area contributed by atoms with Crippen LogP contribution < -0.4 is 5.32 Å². The lowest BCUT2D eigenvalue weighted by atomic mass is 9.83. The van der Waals surface area contributed by atoms with E-state index in [0.29, 0.717) is 0 Å². The molecule has 1 saturated carbocycles. The van der Waals surface area contributed by atoms with Gasteiger partial charge >= 0.3 is 5.97 Å². The van der Waals surface area contributed by atoms with Crippen LogP contribution in [0, 0.1) is 5.41 Å². The number of carboxylic acids is 1. The quantitative estimate of drug-likeness (QED) is 0.583. The first-order chi connectivity index (χ1) is 5.26. The summed E-state index contributed by atoms with van der Waals surface area (Å²) < 4.78 is 0. The average Bonchev–Trinajstić information content (AvgIpc) is 2.40. The summed E-state index contributed by atoms with van der Waals surface area (Å²) in [5.74, 6) is -0.593. The van der Waals surface area contributed by atoms with Crippen LogP contribution in [0.15, 0.2) is 0 Å². The average molecular weight is 155 g/mol. The zero-order chi connectivity index (χ0) is 7.90. The molecule has 0 radical (unpaired) electrons. The standard InChI is InChI=1S/C8H13NO2/c10-7(11)8-3-1-2-6(8)9-5-4-8/h6,9H,1-5H2,(H,10,11). The Morgan fingerprint density at radius 3 is 3.00 bits per heavy atom. The van der Waals surface area contributed by atoms with E-state index in [1.54, 1.807) is 0 Å². The maximum absolute atomic E-state index is 11.0. The van der Waals surface area contributed by atoms with Gasteiger partial charge in [-0.1, -0.05) is 6.42 Å².